The van der Waals surface area contributed by atoms with Crippen molar-refractivity contribution < 1.29 is 14.6 Å². The van der Waals surface area contributed by atoms with Gasteiger partial charge in [-0.05, 0) is 57.8 Å². The summed E-state index contributed by atoms with van der Waals surface area (Å²) in [6, 6.07) is 7.05. The molecule has 1 unspecified atom stereocenters. The van der Waals surface area contributed by atoms with Crippen LogP contribution in [0.25, 0.3) is 0 Å². The van der Waals surface area contributed by atoms with E-state index in [0.717, 1.165) is 44.4 Å². The van der Waals surface area contributed by atoms with Crippen LogP contribution in [0.5, 0.6) is 5.75 Å². The lowest BCUT2D eigenvalue weighted by Gasteiger charge is -2.72. The summed E-state index contributed by atoms with van der Waals surface area (Å²) in [6.45, 7) is 5.27. The van der Waals surface area contributed by atoms with E-state index in [1.54, 1.807) is 0 Å². The first kappa shape index (κ1) is 18.4. The lowest BCUT2D eigenvalue weighted by molar-refractivity contribution is -0.247. The molecule has 0 amide bonds. The highest BCUT2D eigenvalue weighted by molar-refractivity contribution is 5.61. The predicted octanol–water partition coefficient (Wildman–Crippen LogP) is 3.46. The van der Waals surface area contributed by atoms with Crippen molar-refractivity contribution in [3.05, 3.63) is 41.5 Å². The molecule has 1 N–H and O–H groups in total. The maximum atomic E-state index is 11.7. The van der Waals surface area contributed by atoms with Crippen LogP contribution in [-0.4, -0.2) is 54.1 Å². The first-order valence-electron chi connectivity index (χ1n) is 11.3. The van der Waals surface area contributed by atoms with Crippen molar-refractivity contribution in [1.82, 2.24) is 4.90 Å². The number of methoxy groups -OCH3 is 1. The first-order chi connectivity index (χ1) is 13.9. The van der Waals surface area contributed by atoms with Crippen molar-refractivity contribution in [2.24, 2.45) is 11.3 Å². The number of nitrogens with zero attached hydrogens (tertiary/aromatic N) is 1. The van der Waals surface area contributed by atoms with Gasteiger partial charge in [-0.15, -0.1) is 0 Å². The van der Waals surface area contributed by atoms with Gasteiger partial charge >= 0.3 is 0 Å². The molecule has 4 nitrogen and oxygen atoms in total. The van der Waals surface area contributed by atoms with Crippen molar-refractivity contribution in [1.29, 1.82) is 0 Å². The van der Waals surface area contributed by atoms with Gasteiger partial charge in [0, 0.05) is 30.0 Å². The lowest BCUT2D eigenvalue weighted by Crippen LogP contribution is -2.80. The molecule has 1 saturated carbocycles. The smallest absolute Gasteiger partial charge is 0.142 e. The molecule has 2 aliphatic heterocycles. The van der Waals surface area contributed by atoms with E-state index >= 15 is 0 Å². The molecule has 1 aromatic rings. The Morgan fingerprint density at radius 2 is 2.17 bits per heavy atom. The van der Waals surface area contributed by atoms with E-state index < -0.39 is 11.2 Å². The van der Waals surface area contributed by atoms with Gasteiger partial charge in [-0.25, -0.2) is 0 Å². The minimum atomic E-state index is -0.782. The number of aliphatic hydroxyl groups is 1. The van der Waals surface area contributed by atoms with Crippen LogP contribution in [0, 0.1) is 11.3 Å². The normalized spacial score (nSPS) is 45.6. The zero-order valence-electron chi connectivity index (χ0n) is 18.1. The van der Waals surface area contributed by atoms with Gasteiger partial charge in [-0.2, -0.15) is 0 Å². The zero-order valence-corrected chi connectivity index (χ0v) is 18.1. The number of likely N-dealkylation sites (tertiary alicyclic amines) is 1. The minimum absolute atomic E-state index is 0.00700. The Hall–Kier alpha value is -1.36. The van der Waals surface area contributed by atoms with Crippen LogP contribution in [0.15, 0.2) is 30.4 Å². The topological polar surface area (TPSA) is 41.9 Å². The molecule has 4 bridgehead atoms. The van der Waals surface area contributed by atoms with Crippen LogP contribution in [0.1, 0.15) is 50.7 Å². The number of benzene rings is 1. The summed E-state index contributed by atoms with van der Waals surface area (Å²) in [7, 11) is 4.10. The molecule has 29 heavy (non-hydrogen) atoms. The molecule has 0 aromatic heterocycles. The second-order valence-electron chi connectivity index (χ2n) is 10.5. The molecule has 7 rings (SSSR count). The molecule has 1 saturated heterocycles. The van der Waals surface area contributed by atoms with Gasteiger partial charge in [0.1, 0.15) is 17.5 Å². The second kappa shape index (κ2) is 5.46. The number of piperidine rings is 1. The maximum absolute atomic E-state index is 11.7. The van der Waals surface area contributed by atoms with Gasteiger partial charge in [0.15, 0.2) is 0 Å². The van der Waals surface area contributed by atoms with Crippen LogP contribution >= 0.6 is 0 Å². The van der Waals surface area contributed by atoms with Gasteiger partial charge in [0.2, 0.25) is 0 Å². The van der Waals surface area contributed by atoms with E-state index in [9.17, 15) is 5.11 Å². The SMILES string of the molecule is CCC[C@@](C)(O)[C@H]1CC23C=C[C@@]1(OC)[C@@H]1Oc4cccc5c4[C@@]12CCN(C)[C@@H]3C5. The molecule has 6 aliphatic rings. The largest absolute Gasteiger partial charge is 0.486 e. The van der Waals surface area contributed by atoms with Crippen molar-refractivity contribution >= 4 is 0 Å². The fourth-order valence-corrected chi connectivity index (χ4v) is 8.41. The van der Waals surface area contributed by atoms with Gasteiger partial charge < -0.3 is 19.5 Å². The standard InChI is InChI=1S/C25H33NO3/c1-5-9-22(2,27)18-15-23-10-11-25(18,28-4)21-24(23)12-13-26(3)19(23)14-16-7-6-8-17(29-21)20(16)24/h6-8,10-11,18-19,21,27H,5,9,12-15H2,1-4H3/t18-,19-,21-,22-,23?,24+,25+/m1/s1. The third-order valence-electron chi connectivity index (χ3n) is 9.48. The van der Waals surface area contributed by atoms with Crippen molar-refractivity contribution in [2.45, 2.75) is 74.7 Å². The number of likely N-dealkylation sites (N-methyl/N-ethyl adjacent to an activating group) is 1. The van der Waals surface area contributed by atoms with Crippen LogP contribution in [0.2, 0.25) is 0 Å². The summed E-state index contributed by atoms with van der Waals surface area (Å²) < 4.78 is 13.2. The number of fused-ring (bicyclic) bond motifs is 1. The van der Waals surface area contributed by atoms with Crippen LogP contribution in [0.3, 0.4) is 0 Å². The number of rotatable bonds is 4. The third-order valence-corrected chi connectivity index (χ3v) is 9.48. The first-order valence-corrected chi connectivity index (χ1v) is 11.3. The predicted molar refractivity (Wildman–Crippen MR) is 112 cm³/mol. The van der Waals surface area contributed by atoms with E-state index in [1.807, 2.05) is 14.0 Å². The van der Waals surface area contributed by atoms with E-state index in [1.165, 1.54) is 11.1 Å². The molecule has 156 valence electrons. The molecular weight excluding hydrogens is 362 g/mol. The highest BCUT2D eigenvalue weighted by atomic mass is 16.6. The summed E-state index contributed by atoms with van der Waals surface area (Å²) in [5.74, 6) is 1.08. The number of ether oxygens (including phenoxy) is 2. The van der Waals surface area contributed by atoms with Crippen molar-refractivity contribution in [2.75, 3.05) is 20.7 Å². The molecule has 2 fully saturated rings. The maximum Gasteiger partial charge on any atom is 0.142 e. The Morgan fingerprint density at radius 1 is 1.34 bits per heavy atom. The summed E-state index contributed by atoms with van der Waals surface area (Å²) in [5, 5.41) is 11.7. The monoisotopic (exact) mass is 395 g/mol. The summed E-state index contributed by atoms with van der Waals surface area (Å²) in [6.07, 6.45) is 9.57. The Kier molecular flexibility index (Phi) is 3.47. The van der Waals surface area contributed by atoms with E-state index in [0.29, 0.717) is 6.04 Å². The van der Waals surface area contributed by atoms with Crippen LogP contribution in [-0.2, 0) is 16.6 Å². The summed E-state index contributed by atoms with van der Waals surface area (Å²) in [4.78, 5) is 2.57. The molecule has 1 aromatic carbocycles. The highest BCUT2D eigenvalue weighted by Gasteiger charge is 2.79. The van der Waals surface area contributed by atoms with Gasteiger partial charge in [-0.1, -0.05) is 37.6 Å². The Balaban J connectivity index is 1.65. The molecule has 4 aliphatic carbocycles. The van der Waals surface area contributed by atoms with E-state index in [2.05, 4.69) is 49.2 Å². The molecule has 0 radical (unpaired) electrons. The average molecular weight is 396 g/mol. The Labute approximate surface area is 173 Å². The summed E-state index contributed by atoms with van der Waals surface area (Å²) >= 11 is 0. The van der Waals surface area contributed by atoms with Crippen LogP contribution < -0.4 is 4.74 Å². The van der Waals surface area contributed by atoms with Crippen LogP contribution in [0.4, 0.5) is 0 Å². The third kappa shape index (κ3) is 1.81. The molecular formula is C25H33NO3. The average Bonchev–Trinajstić information content (AvgIpc) is 3.07. The Morgan fingerprint density at radius 3 is 2.93 bits per heavy atom. The van der Waals surface area contributed by atoms with E-state index in [-0.39, 0.29) is 22.9 Å². The second-order valence-corrected chi connectivity index (χ2v) is 10.5. The highest BCUT2D eigenvalue weighted by Crippen LogP contribution is 2.74. The Bertz CT molecular complexity index is 909. The fraction of sp³-hybridized carbons (Fsp3) is 0.680. The quantitative estimate of drug-likeness (QED) is 0.793. The lowest BCUT2D eigenvalue weighted by atomic mass is 9.36. The zero-order chi connectivity index (χ0) is 20.2. The molecule has 4 heteroatoms. The van der Waals surface area contributed by atoms with Crippen molar-refractivity contribution in [3.63, 3.8) is 0 Å². The summed E-state index contributed by atoms with van der Waals surface area (Å²) in [5.41, 5.74) is 1.49. The van der Waals surface area contributed by atoms with Gasteiger partial charge in [0.05, 0.1) is 11.0 Å². The number of hydrogen-bond acceptors (Lipinski definition) is 4. The molecule has 2 spiro atoms. The fourth-order valence-electron chi connectivity index (χ4n) is 8.41. The molecule has 2 heterocycles. The van der Waals surface area contributed by atoms with Crippen molar-refractivity contribution in [3.8, 4) is 5.75 Å². The van der Waals surface area contributed by atoms with Gasteiger partial charge in [-0.3, -0.25) is 0 Å². The molecule has 7 atom stereocenters. The number of hydrogen-bond donors (Lipinski definition) is 1. The minimum Gasteiger partial charge on any atom is -0.486 e. The van der Waals surface area contributed by atoms with Gasteiger partial charge in [0.25, 0.3) is 0 Å². The van der Waals surface area contributed by atoms with E-state index in [4.69, 9.17) is 9.47 Å².